The Bertz CT molecular complexity index is 5690. The van der Waals surface area contributed by atoms with Crippen molar-refractivity contribution < 1.29 is 47.3 Å². The van der Waals surface area contributed by atoms with Crippen molar-refractivity contribution in [3.05, 3.63) is 228 Å². The molecule has 6 aliphatic carbocycles. The maximum absolute atomic E-state index is 12.4. The minimum Gasteiger partial charge on any atom is -0.493 e. The molecule has 118 heavy (non-hydrogen) atoms. The highest BCUT2D eigenvalue weighted by Crippen LogP contribution is 2.48. The lowest BCUT2D eigenvalue weighted by atomic mass is 9.79. The van der Waals surface area contributed by atoms with Crippen molar-refractivity contribution in [1.82, 2.24) is 30.2 Å². The van der Waals surface area contributed by atoms with Crippen LogP contribution in [0.1, 0.15) is 260 Å². The molecule has 7 aromatic carbocycles. The lowest BCUT2D eigenvalue weighted by Gasteiger charge is -2.24. The summed E-state index contributed by atoms with van der Waals surface area (Å²) in [7, 11) is 3.20. The largest absolute Gasteiger partial charge is 0.493 e. The fraction of sp³-hybridized carbons (Fsp3) is 0.388. The molecule has 19 rings (SSSR count). The van der Waals surface area contributed by atoms with Crippen LogP contribution in [0.4, 0.5) is 22.9 Å². The average Bonchev–Trinajstić information content (AvgIpc) is 1.26. The van der Waals surface area contributed by atoms with E-state index in [4.69, 9.17) is 24.3 Å². The molecule has 0 fully saturated rings. The number of nitrogens with two attached hydrogens (primary N) is 1. The first-order chi connectivity index (χ1) is 57.4. The van der Waals surface area contributed by atoms with Gasteiger partial charge in [0.25, 0.3) is 0 Å². The van der Waals surface area contributed by atoms with Crippen LogP contribution in [-0.2, 0) is 67.4 Å². The van der Waals surface area contributed by atoms with Crippen LogP contribution < -0.4 is 25.8 Å². The van der Waals surface area contributed by atoms with Gasteiger partial charge in [-0.15, -0.1) is 11.3 Å². The van der Waals surface area contributed by atoms with Gasteiger partial charge in [0.2, 0.25) is 17.2 Å². The van der Waals surface area contributed by atoms with E-state index < -0.39 is 0 Å². The van der Waals surface area contributed by atoms with Gasteiger partial charge in [-0.05, 0) is 216 Å². The molecule has 20 heteroatoms. The molecule has 4 N–H and O–H groups in total. The van der Waals surface area contributed by atoms with E-state index in [9.17, 15) is 28.8 Å². The lowest BCUT2D eigenvalue weighted by molar-refractivity contribution is -0.116. The van der Waals surface area contributed by atoms with Crippen molar-refractivity contribution >= 4 is 118 Å². The summed E-state index contributed by atoms with van der Waals surface area (Å²) in [5, 5.41) is 18.3. The van der Waals surface area contributed by atoms with Gasteiger partial charge in [-0.2, -0.15) is 0 Å². The zero-order valence-corrected chi connectivity index (χ0v) is 71.2. The Morgan fingerprint density at radius 2 is 1.36 bits per heavy atom. The number of hydrogen-bond donors (Lipinski definition) is 3. The SMILES string of the molecule is CC.CCC1C(=O)c2cccc3c2C1CCC3.CCC1CCc2nc3ccccc3c(N)c2C1=O.CCC1Cc2cc(Nc3ncnc4c3CCC4)ccc2C1=O.CCCC(=O)C1=Cc2ccccc2C1.CCCC(=O)c1ccc2nc(C)sc2c1.CCCc1noc2c(OC)c(OC)ccc12.CCCc1noc2cc3c(cc12)CC(=O)N3. The molecule has 7 aliphatic rings. The predicted octanol–water partition coefficient (Wildman–Crippen LogP) is 22.5. The summed E-state index contributed by atoms with van der Waals surface area (Å²) in [6.07, 6.45) is 24.3. The fourth-order valence-corrected chi connectivity index (χ4v) is 18.0. The van der Waals surface area contributed by atoms with Gasteiger partial charge in [0.05, 0.1) is 69.7 Å². The summed E-state index contributed by atoms with van der Waals surface area (Å²) in [5.74, 6) is 4.74. The molecule has 5 aromatic heterocycles. The number of aryl methyl sites for hydroxylation is 6. The Kier molecular flexibility index (Phi) is 29.3. The number of hydrogen-bond acceptors (Lipinski definition) is 19. The number of nitrogen functional groups attached to an aromatic ring is 1. The molecule has 0 bridgehead atoms. The molecule has 19 nitrogen and oxygen atoms in total. The second-order valence-electron chi connectivity index (χ2n) is 30.8. The third-order valence-corrected chi connectivity index (χ3v) is 24.0. The molecule has 0 spiro atoms. The highest BCUT2D eigenvalue weighted by molar-refractivity contribution is 7.18. The van der Waals surface area contributed by atoms with E-state index in [0.717, 1.165) is 213 Å². The third-order valence-electron chi connectivity index (χ3n) is 23.1. The van der Waals surface area contributed by atoms with Gasteiger partial charge in [0, 0.05) is 104 Å². The predicted molar refractivity (Wildman–Crippen MR) is 473 cm³/mol. The quantitative estimate of drug-likeness (QED) is 0.0715. The summed E-state index contributed by atoms with van der Waals surface area (Å²) < 4.78 is 22.2. The number of thiazole rings is 1. The highest BCUT2D eigenvalue weighted by Gasteiger charge is 2.41. The molecule has 4 unspecified atom stereocenters. The van der Waals surface area contributed by atoms with Crippen LogP contribution in [-0.4, -0.2) is 79.3 Å². The number of ketones is 5. The first-order valence-electron chi connectivity index (χ1n) is 42.5. The number of para-hydroxylation sites is 1. The van der Waals surface area contributed by atoms with Crippen LogP contribution >= 0.6 is 11.3 Å². The molecule has 6 heterocycles. The van der Waals surface area contributed by atoms with Gasteiger partial charge in [-0.3, -0.25) is 33.8 Å². The third kappa shape index (κ3) is 19.1. The number of rotatable bonds is 17. The Balaban J connectivity index is 0.000000127. The van der Waals surface area contributed by atoms with Crippen LogP contribution in [0.15, 0.2) is 148 Å². The Morgan fingerprint density at radius 1 is 0.610 bits per heavy atom. The molecule has 1 aliphatic heterocycles. The van der Waals surface area contributed by atoms with Crippen molar-refractivity contribution in [2.75, 3.05) is 30.6 Å². The minimum atomic E-state index is 0.0488. The standard InChI is InChI=1S/C18H19N3O.C15H16N2O.C14H16O.C13H14O.C12H12N2O2.C12H15NO3.C12H13NOS.C2H6/c1-2-11-8-12-9-13(6-7-14(12)17(11)22)21-18-15-4-3-5-16(15)19-10-20-18;1-2-9-7-8-12-13(15(9)18)14(16)10-5-3-4-6-11(10)17-12;1-2-10-11-7-3-5-9-6-4-8-12(13(9)11)14(10)15;1-2-5-13(14)12-8-10-6-3-4-7-11(10)9-12;1-2-3-9-8-4-7-5-12(15)13-10(7)6-11(8)16-14-9;1-4-5-9-8-6-7-10(14-2)12(15-3)11(8)16-13-9;1-3-4-11(14)9-5-6-10-12(7-9)15-8(2)13-10;1-2/h6-7,9-11H,2-5,8H2,1H3,(H,19,20,21);3-6,9H,2,7-8H2,1H3,(H2,16,17);4,6,8,10-11H,2-3,5,7H2,1H3;3-4,6-8H,2,5,9H2,1H3;4,6H,2-3,5H2,1H3,(H,13,15);6-7H,4-5H2,1-3H3;5-7H,3-4H2,1-2H3;1-2H3. The average molecular weight is 1610 g/mol. The van der Waals surface area contributed by atoms with Crippen LogP contribution in [0.2, 0.25) is 0 Å². The van der Waals surface area contributed by atoms with Crippen molar-refractivity contribution in [1.29, 1.82) is 0 Å². The van der Waals surface area contributed by atoms with Crippen LogP contribution in [0.5, 0.6) is 11.5 Å². The summed E-state index contributed by atoms with van der Waals surface area (Å²) in [4.78, 5) is 89.1. The molecule has 12 aromatic rings. The molecule has 0 saturated carbocycles. The maximum atomic E-state index is 12.4. The van der Waals surface area contributed by atoms with Gasteiger partial charge in [-0.25, -0.2) is 15.0 Å². The Morgan fingerprint density at radius 3 is 2.10 bits per heavy atom. The zero-order valence-electron chi connectivity index (χ0n) is 70.4. The van der Waals surface area contributed by atoms with E-state index in [0.29, 0.717) is 70.9 Å². The zero-order chi connectivity index (χ0) is 83.7. The minimum absolute atomic E-state index is 0.0488. The van der Waals surface area contributed by atoms with Gasteiger partial charge in [-0.1, -0.05) is 146 Å². The first-order valence-corrected chi connectivity index (χ1v) is 43.3. The fourth-order valence-electron chi connectivity index (χ4n) is 17.1. The van der Waals surface area contributed by atoms with E-state index in [1.807, 2.05) is 144 Å². The van der Waals surface area contributed by atoms with Crippen molar-refractivity contribution in [3.8, 4) is 11.5 Å². The molecule has 4 atom stereocenters. The van der Waals surface area contributed by atoms with E-state index in [1.165, 1.54) is 52.8 Å². The number of fused-ring (bicyclic) bond motifs is 9. The van der Waals surface area contributed by atoms with Crippen LogP contribution in [0.3, 0.4) is 0 Å². The topological polar surface area (TPSA) is 275 Å². The molecule has 0 saturated heterocycles. The number of nitrogens with one attached hydrogen (secondary N) is 2. The Labute approximate surface area is 696 Å². The number of methoxy groups -OCH3 is 2. The monoisotopic (exact) mass is 1610 g/mol. The number of allylic oxidation sites excluding steroid dienone is 1. The smallest absolute Gasteiger partial charge is 0.228 e. The van der Waals surface area contributed by atoms with Crippen LogP contribution in [0.25, 0.3) is 49.1 Å². The van der Waals surface area contributed by atoms with Gasteiger partial charge in [0.1, 0.15) is 12.1 Å². The number of ether oxygens (including phenoxy) is 2. The summed E-state index contributed by atoms with van der Waals surface area (Å²) in [6.45, 7) is 20.5. The molecule has 1 amide bonds. The molecular weight excluding hydrogens is 1500 g/mol. The second kappa shape index (κ2) is 40.2. The number of benzene rings is 7. The Hall–Kier alpha value is -11.4. The number of pyridine rings is 1. The normalized spacial score (nSPS) is 16.4. The van der Waals surface area contributed by atoms with Gasteiger partial charge >= 0.3 is 0 Å². The number of aromatic nitrogens is 6. The van der Waals surface area contributed by atoms with E-state index in [1.54, 1.807) is 31.9 Å². The van der Waals surface area contributed by atoms with Gasteiger partial charge < -0.3 is 34.9 Å². The highest BCUT2D eigenvalue weighted by atomic mass is 32.1. The van der Waals surface area contributed by atoms with Crippen molar-refractivity contribution in [2.45, 2.75) is 216 Å². The molecule has 614 valence electrons. The van der Waals surface area contributed by atoms with E-state index in [2.05, 4.69) is 99.8 Å². The van der Waals surface area contributed by atoms with E-state index in [-0.39, 0.29) is 35.2 Å². The number of anilines is 4. The first kappa shape index (κ1) is 86.0. The number of nitrogens with zero attached hydrogens (tertiary/aromatic N) is 6. The maximum Gasteiger partial charge on any atom is 0.228 e. The van der Waals surface area contributed by atoms with Crippen LogP contribution in [0, 0.1) is 24.7 Å². The van der Waals surface area contributed by atoms with Gasteiger partial charge in [0.15, 0.2) is 40.2 Å². The molecule has 0 radical (unpaired) electrons. The van der Waals surface area contributed by atoms with E-state index >= 15 is 0 Å². The second-order valence-corrected chi connectivity index (χ2v) is 32.0. The number of amides is 1. The lowest BCUT2D eigenvalue weighted by Crippen LogP contribution is -2.24. The summed E-state index contributed by atoms with van der Waals surface area (Å²) >= 11 is 1.64. The van der Waals surface area contributed by atoms with Crippen molar-refractivity contribution in [2.24, 2.45) is 17.8 Å². The van der Waals surface area contributed by atoms with Crippen molar-refractivity contribution in [3.63, 3.8) is 0 Å². The molecular formula is C98H111N9O10S. The number of carbonyl (C=O) groups excluding carboxylic acids is 6. The number of Topliss-reactive ketones (excluding diaryl/α,β-unsaturated/α-hetero) is 5. The number of carbonyl (C=O) groups is 6. The summed E-state index contributed by atoms with van der Waals surface area (Å²) in [5.41, 5.74) is 29.1. The summed E-state index contributed by atoms with van der Waals surface area (Å²) in [6, 6.07) is 41.8.